The molecule has 0 aromatic carbocycles. The summed E-state index contributed by atoms with van der Waals surface area (Å²) in [6.45, 7) is 7.75. The Morgan fingerprint density at radius 2 is 2.15 bits per heavy atom. The molecule has 1 aliphatic rings. The maximum absolute atomic E-state index is 12.4. The molecule has 0 saturated carbocycles. The fourth-order valence-electron chi connectivity index (χ4n) is 2.88. The number of rotatable bonds is 3. The van der Waals surface area contributed by atoms with Gasteiger partial charge in [0.1, 0.15) is 5.69 Å². The molecule has 2 rings (SSSR count). The summed E-state index contributed by atoms with van der Waals surface area (Å²) in [6.07, 6.45) is 0.972. The van der Waals surface area contributed by atoms with Crippen molar-refractivity contribution in [2.24, 2.45) is 5.92 Å². The highest BCUT2D eigenvalue weighted by atomic mass is 16.2. The Kier molecular flexibility index (Phi) is 4.16. The zero-order valence-corrected chi connectivity index (χ0v) is 12.7. The molecule has 1 aliphatic heterocycles. The molecule has 1 aromatic rings. The Balaban J connectivity index is 1.95. The van der Waals surface area contributed by atoms with E-state index < -0.39 is 0 Å². The first-order valence-corrected chi connectivity index (χ1v) is 7.05. The van der Waals surface area contributed by atoms with Crippen LogP contribution < -0.4 is 0 Å². The van der Waals surface area contributed by atoms with Crippen LogP contribution in [0.3, 0.4) is 0 Å². The number of carbonyl (C=O) groups excluding carboxylic acids is 2. The fraction of sp³-hybridized carbons (Fsp3) is 0.600. The van der Waals surface area contributed by atoms with Crippen LogP contribution in [0.15, 0.2) is 6.07 Å². The van der Waals surface area contributed by atoms with Gasteiger partial charge >= 0.3 is 0 Å². The summed E-state index contributed by atoms with van der Waals surface area (Å²) in [5.41, 5.74) is 2.66. The summed E-state index contributed by atoms with van der Waals surface area (Å²) >= 11 is 0. The van der Waals surface area contributed by atoms with Gasteiger partial charge in [-0.3, -0.25) is 9.59 Å². The van der Waals surface area contributed by atoms with Crippen molar-refractivity contribution >= 4 is 11.8 Å². The monoisotopic (exact) mass is 277 g/mol. The molecule has 20 heavy (non-hydrogen) atoms. The largest absolute Gasteiger partial charge is 0.354 e. The molecule has 0 spiro atoms. The van der Waals surface area contributed by atoms with E-state index in [-0.39, 0.29) is 11.8 Å². The fourth-order valence-corrected chi connectivity index (χ4v) is 2.88. The van der Waals surface area contributed by atoms with Crippen molar-refractivity contribution in [1.29, 1.82) is 0 Å². The van der Waals surface area contributed by atoms with Crippen LogP contribution in [0, 0.1) is 19.8 Å². The first-order valence-electron chi connectivity index (χ1n) is 7.05. The SMILES string of the molecule is CC(=O)N1CCC(CN(C)C(=O)c2[nH]c(C)cc2C)C1. The lowest BCUT2D eigenvalue weighted by Gasteiger charge is -2.21. The number of likely N-dealkylation sites (tertiary alicyclic amines) is 1. The minimum absolute atomic E-state index is 0.0249. The zero-order chi connectivity index (χ0) is 14.9. The molecule has 1 unspecified atom stereocenters. The standard InChI is InChI=1S/C15H23N3O2/c1-10-7-11(2)16-14(10)15(20)17(4)8-13-5-6-18(9-13)12(3)19/h7,13,16H,5-6,8-9H2,1-4H3. The van der Waals surface area contributed by atoms with Crippen LogP contribution >= 0.6 is 0 Å². The number of aromatic amines is 1. The lowest BCUT2D eigenvalue weighted by Crippen LogP contribution is -2.34. The number of aromatic nitrogens is 1. The minimum atomic E-state index is 0.0249. The topological polar surface area (TPSA) is 56.4 Å². The number of H-pyrrole nitrogens is 1. The Hall–Kier alpha value is -1.78. The van der Waals surface area contributed by atoms with Crippen molar-refractivity contribution in [2.75, 3.05) is 26.7 Å². The highest BCUT2D eigenvalue weighted by Gasteiger charge is 2.27. The number of hydrogen-bond donors (Lipinski definition) is 1. The third-order valence-electron chi connectivity index (χ3n) is 3.97. The van der Waals surface area contributed by atoms with Gasteiger partial charge in [-0.1, -0.05) is 0 Å². The molecule has 1 aromatic heterocycles. The van der Waals surface area contributed by atoms with Crippen LogP contribution in [-0.2, 0) is 4.79 Å². The molecule has 0 radical (unpaired) electrons. The van der Waals surface area contributed by atoms with Crippen LogP contribution in [-0.4, -0.2) is 53.3 Å². The Morgan fingerprint density at radius 3 is 2.65 bits per heavy atom. The van der Waals surface area contributed by atoms with Gasteiger partial charge in [0.2, 0.25) is 5.91 Å². The average molecular weight is 277 g/mol. The van der Waals surface area contributed by atoms with Crippen LogP contribution in [0.5, 0.6) is 0 Å². The van der Waals surface area contributed by atoms with E-state index in [1.54, 1.807) is 11.8 Å². The smallest absolute Gasteiger partial charge is 0.270 e. The first-order chi connectivity index (χ1) is 9.38. The van der Waals surface area contributed by atoms with Gasteiger partial charge in [0.05, 0.1) is 0 Å². The summed E-state index contributed by atoms with van der Waals surface area (Å²) in [7, 11) is 1.83. The van der Waals surface area contributed by atoms with Crippen LogP contribution in [0.4, 0.5) is 0 Å². The van der Waals surface area contributed by atoms with E-state index in [2.05, 4.69) is 4.98 Å². The Bertz CT molecular complexity index is 521. The second-order valence-corrected chi connectivity index (χ2v) is 5.82. The summed E-state index contributed by atoms with van der Waals surface area (Å²) in [5.74, 6) is 0.526. The van der Waals surface area contributed by atoms with Crippen molar-refractivity contribution in [3.8, 4) is 0 Å². The number of nitrogens with one attached hydrogen (secondary N) is 1. The third kappa shape index (κ3) is 3.03. The molecule has 0 aliphatic carbocycles. The maximum atomic E-state index is 12.4. The number of nitrogens with zero attached hydrogens (tertiary/aromatic N) is 2. The van der Waals surface area contributed by atoms with E-state index in [1.807, 2.05) is 31.9 Å². The van der Waals surface area contributed by atoms with Crippen molar-refractivity contribution in [3.05, 3.63) is 23.0 Å². The van der Waals surface area contributed by atoms with Gasteiger partial charge in [-0.2, -0.15) is 0 Å². The lowest BCUT2D eigenvalue weighted by atomic mass is 10.1. The molecule has 0 bridgehead atoms. The van der Waals surface area contributed by atoms with E-state index in [0.29, 0.717) is 18.2 Å². The first kappa shape index (κ1) is 14.6. The molecule has 1 atom stereocenters. The molecule has 110 valence electrons. The van der Waals surface area contributed by atoms with Gasteiger partial charge in [-0.05, 0) is 37.8 Å². The van der Waals surface area contributed by atoms with E-state index in [0.717, 1.165) is 30.8 Å². The average Bonchev–Trinajstić information content (AvgIpc) is 2.95. The molecule has 2 heterocycles. The van der Waals surface area contributed by atoms with E-state index in [9.17, 15) is 9.59 Å². The number of carbonyl (C=O) groups is 2. The van der Waals surface area contributed by atoms with Gasteiger partial charge in [0.15, 0.2) is 0 Å². The summed E-state index contributed by atoms with van der Waals surface area (Å²) in [5, 5.41) is 0. The summed E-state index contributed by atoms with van der Waals surface area (Å²) < 4.78 is 0. The Labute approximate surface area is 119 Å². The predicted octanol–water partition coefficient (Wildman–Crippen LogP) is 1.57. The molecule has 2 amide bonds. The summed E-state index contributed by atoms with van der Waals surface area (Å²) in [4.78, 5) is 30.4. The number of amides is 2. The molecule has 1 fully saturated rings. The minimum Gasteiger partial charge on any atom is -0.354 e. The normalized spacial score (nSPS) is 18.4. The van der Waals surface area contributed by atoms with Crippen LogP contribution in [0.2, 0.25) is 0 Å². The van der Waals surface area contributed by atoms with Crippen molar-refractivity contribution in [1.82, 2.24) is 14.8 Å². The maximum Gasteiger partial charge on any atom is 0.270 e. The highest BCUT2D eigenvalue weighted by molar-refractivity contribution is 5.93. The van der Waals surface area contributed by atoms with Gasteiger partial charge in [-0.25, -0.2) is 0 Å². The number of hydrogen-bond acceptors (Lipinski definition) is 2. The second-order valence-electron chi connectivity index (χ2n) is 5.82. The molecule has 1 saturated heterocycles. The molecule has 5 heteroatoms. The van der Waals surface area contributed by atoms with Gasteiger partial charge < -0.3 is 14.8 Å². The summed E-state index contributed by atoms with van der Waals surface area (Å²) in [6, 6.07) is 1.98. The Morgan fingerprint density at radius 1 is 1.45 bits per heavy atom. The number of aryl methyl sites for hydroxylation is 2. The van der Waals surface area contributed by atoms with Crippen molar-refractivity contribution < 1.29 is 9.59 Å². The van der Waals surface area contributed by atoms with E-state index in [4.69, 9.17) is 0 Å². The van der Waals surface area contributed by atoms with Crippen molar-refractivity contribution in [3.63, 3.8) is 0 Å². The van der Waals surface area contributed by atoms with Gasteiger partial charge in [-0.15, -0.1) is 0 Å². The second kappa shape index (κ2) is 5.69. The van der Waals surface area contributed by atoms with Crippen molar-refractivity contribution in [2.45, 2.75) is 27.2 Å². The van der Waals surface area contributed by atoms with Crippen LogP contribution in [0.1, 0.15) is 35.1 Å². The highest BCUT2D eigenvalue weighted by Crippen LogP contribution is 2.18. The quantitative estimate of drug-likeness (QED) is 0.912. The predicted molar refractivity (Wildman–Crippen MR) is 77.6 cm³/mol. The molecular formula is C15H23N3O2. The molecule has 1 N–H and O–H groups in total. The third-order valence-corrected chi connectivity index (χ3v) is 3.97. The molecule has 5 nitrogen and oxygen atoms in total. The molecular weight excluding hydrogens is 254 g/mol. The van der Waals surface area contributed by atoms with Gasteiger partial charge in [0.25, 0.3) is 5.91 Å². The van der Waals surface area contributed by atoms with Crippen LogP contribution in [0.25, 0.3) is 0 Å². The van der Waals surface area contributed by atoms with E-state index >= 15 is 0 Å². The van der Waals surface area contributed by atoms with E-state index in [1.165, 1.54) is 0 Å². The van der Waals surface area contributed by atoms with Gasteiger partial charge in [0, 0.05) is 39.3 Å². The zero-order valence-electron chi connectivity index (χ0n) is 12.7. The lowest BCUT2D eigenvalue weighted by molar-refractivity contribution is -0.127.